The van der Waals surface area contributed by atoms with E-state index in [2.05, 4.69) is 36.7 Å². The van der Waals surface area contributed by atoms with Crippen molar-refractivity contribution in [2.24, 2.45) is 0 Å². The third-order valence-corrected chi connectivity index (χ3v) is 3.52. The van der Waals surface area contributed by atoms with E-state index >= 15 is 0 Å². The molecule has 0 amide bonds. The molecule has 0 saturated heterocycles. The zero-order valence-electron chi connectivity index (χ0n) is 9.69. The maximum absolute atomic E-state index is 5.80. The average Bonchev–Trinajstić information content (AvgIpc) is 2.77. The van der Waals surface area contributed by atoms with E-state index in [4.69, 9.17) is 4.74 Å². The summed E-state index contributed by atoms with van der Waals surface area (Å²) in [6.45, 7) is 4.97. The fraction of sp³-hybridized carbons (Fsp3) is 0.286. The van der Waals surface area contributed by atoms with Crippen LogP contribution in [0.2, 0.25) is 0 Å². The molecule has 2 heteroatoms. The molecule has 0 bridgehead atoms. The Labute approximate surface area is 101 Å². The number of hydrogen-bond acceptors (Lipinski definition) is 2. The van der Waals surface area contributed by atoms with Crippen molar-refractivity contribution in [2.45, 2.75) is 20.3 Å². The Kier molecular flexibility index (Phi) is 3.62. The molecule has 0 saturated carbocycles. The van der Waals surface area contributed by atoms with Crippen LogP contribution in [0.5, 0.6) is 5.75 Å². The normalized spacial score (nSPS) is 10.4. The van der Waals surface area contributed by atoms with Crippen LogP contribution < -0.4 is 4.74 Å². The van der Waals surface area contributed by atoms with Gasteiger partial charge in [-0.2, -0.15) is 11.3 Å². The van der Waals surface area contributed by atoms with Gasteiger partial charge in [0.15, 0.2) is 0 Å². The molecule has 1 aromatic carbocycles. The van der Waals surface area contributed by atoms with E-state index in [1.54, 1.807) is 11.3 Å². The lowest BCUT2D eigenvalue weighted by atomic mass is 10.1. The standard InChI is InChI=1S/C14H16OS/c1-11-4-3-5-14(12(11)2)15-8-6-13-7-9-16-10-13/h3-5,7,9-10H,6,8H2,1-2H3. The Morgan fingerprint density at radius 3 is 2.81 bits per heavy atom. The summed E-state index contributed by atoms with van der Waals surface area (Å²) in [5.41, 5.74) is 3.89. The molecule has 16 heavy (non-hydrogen) atoms. The molecule has 2 aromatic rings. The van der Waals surface area contributed by atoms with Crippen LogP contribution in [0.1, 0.15) is 16.7 Å². The molecule has 1 aromatic heterocycles. The summed E-state index contributed by atoms with van der Waals surface area (Å²) in [6, 6.07) is 8.34. The van der Waals surface area contributed by atoms with Crippen LogP contribution in [0.25, 0.3) is 0 Å². The quantitative estimate of drug-likeness (QED) is 0.774. The van der Waals surface area contributed by atoms with Crippen molar-refractivity contribution in [3.05, 3.63) is 51.7 Å². The van der Waals surface area contributed by atoms with Crippen LogP contribution in [0.3, 0.4) is 0 Å². The lowest BCUT2D eigenvalue weighted by Crippen LogP contribution is -2.02. The molecule has 2 rings (SSSR count). The predicted molar refractivity (Wildman–Crippen MR) is 69.4 cm³/mol. The van der Waals surface area contributed by atoms with Gasteiger partial charge in [-0.1, -0.05) is 12.1 Å². The lowest BCUT2D eigenvalue weighted by Gasteiger charge is -2.10. The van der Waals surface area contributed by atoms with E-state index in [-0.39, 0.29) is 0 Å². The first-order chi connectivity index (χ1) is 7.77. The second-order valence-electron chi connectivity index (χ2n) is 3.93. The van der Waals surface area contributed by atoms with E-state index < -0.39 is 0 Å². The number of rotatable bonds is 4. The van der Waals surface area contributed by atoms with Gasteiger partial charge in [-0.05, 0) is 53.4 Å². The van der Waals surface area contributed by atoms with Crippen LogP contribution in [0, 0.1) is 13.8 Å². The number of hydrogen-bond donors (Lipinski definition) is 0. The monoisotopic (exact) mass is 232 g/mol. The van der Waals surface area contributed by atoms with Crippen LogP contribution in [-0.4, -0.2) is 6.61 Å². The molecule has 84 valence electrons. The van der Waals surface area contributed by atoms with Gasteiger partial charge in [0.25, 0.3) is 0 Å². The summed E-state index contributed by atoms with van der Waals surface area (Å²) in [4.78, 5) is 0. The van der Waals surface area contributed by atoms with Crippen molar-refractivity contribution in [1.82, 2.24) is 0 Å². The smallest absolute Gasteiger partial charge is 0.122 e. The Hall–Kier alpha value is -1.28. The van der Waals surface area contributed by atoms with Crippen molar-refractivity contribution in [3.8, 4) is 5.75 Å². The Morgan fingerprint density at radius 1 is 1.19 bits per heavy atom. The van der Waals surface area contributed by atoms with Crippen molar-refractivity contribution < 1.29 is 4.74 Å². The Bertz CT molecular complexity index is 446. The van der Waals surface area contributed by atoms with E-state index in [1.807, 2.05) is 12.1 Å². The van der Waals surface area contributed by atoms with Gasteiger partial charge in [0.05, 0.1) is 6.61 Å². The van der Waals surface area contributed by atoms with Crippen LogP contribution in [-0.2, 0) is 6.42 Å². The van der Waals surface area contributed by atoms with Gasteiger partial charge in [0.2, 0.25) is 0 Å². The van der Waals surface area contributed by atoms with E-state index in [0.717, 1.165) is 18.8 Å². The van der Waals surface area contributed by atoms with Crippen molar-refractivity contribution in [1.29, 1.82) is 0 Å². The minimum atomic E-state index is 0.751. The largest absolute Gasteiger partial charge is 0.493 e. The first kappa shape index (κ1) is 11.2. The summed E-state index contributed by atoms with van der Waals surface area (Å²) in [5, 5.41) is 4.28. The number of benzene rings is 1. The van der Waals surface area contributed by atoms with Gasteiger partial charge >= 0.3 is 0 Å². The van der Waals surface area contributed by atoms with E-state index in [9.17, 15) is 0 Å². The molecule has 0 atom stereocenters. The van der Waals surface area contributed by atoms with Crippen molar-refractivity contribution in [2.75, 3.05) is 6.61 Å². The highest BCUT2D eigenvalue weighted by Crippen LogP contribution is 2.20. The SMILES string of the molecule is Cc1cccc(OCCc2ccsc2)c1C. The molecule has 0 spiro atoms. The fourth-order valence-corrected chi connectivity index (χ4v) is 2.30. The second kappa shape index (κ2) is 5.17. The molecule has 0 aliphatic carbocycles. The summed E-state index contributed by atoms with van der Waals surface area (Å²) < 4.78 is 5.80. The maximum Gasteiger partial charge on any atom is 0.122 e. The van der Waals surface area contributed by atoms with Gasteiger partial charge in [0.1, 0.15) is 5.75 Å². The number of ether oxygens (including phenoxy) is 1. The molecule has 0 unspecified atom stereocenters. The van der Waals surface area contributed by atoms with Crippen molar-refractivity contribution >= 4 is 11.3 Å². The number of thiophene rings is 1. The molecule has 0 radical (unpaired) electrons. The van der Waals surface area contributed by atoms with Gasteiger partial charge in [-0.25, -0.2) is 0 Å². The molecule has 0 aliphatic rings. The van der Waals surface area contributed by atoms with Gasteiger partial charge in [0, 0.05) is 6.42 Å². The first-order valence-corrected chi connectivity index (χ1v) is 6.42. The van der Waals surface area contributed by atoms with Gasteiger partial charge in [-0.3, -0.25) is 0 Å². The number of aryl methyl sites for hydroxylation is 1. The summed E-state index contributed by atoms with van der Waals surface area (Å²) in [7, 11) is 0. The predicted octanol–water partition coefficient (Wildman–Crippen LogP) is 3.99. The van der Waals surface area contributed by atoms with Crippen LogP contribution >= 0.6 is 11.3 Å². The highest BCUT2D eigenvalue weighted by molar-refractivity contribution is 7.07. The zero-order valence-corrected chi connectivity index (χ0v) is 10.5. The third-order valence-electron chi connectivity index (χ3n) is 2.78. The van der Waals surface area contributed by atoms with Crippen molar-refractivity contribution in [3.63, 3.8) is 0 Å². The molecule has 1 heterocycles. The lowest BCUT2D eigenvalue weighted by molar-refractivity contribution is 0.319. The van der Waals surface area contributed by atoms with E-state index in [0.29, 0.717) is 0 Å². The minimum absolute atomic E-state index is 0.751. The van der Waals surface area contributed by atoms with Crippen LogP contribution in [0.4, 0.5) is 0 Å². The molecule has 0 N–H and O–H groups in total. The highest BCUT2D eigenvalue weighted by Gasteiger charge is 2.01. The summed E-state index contributed by atoms with van der Waals surface area (Å²) in [5.74, 6) is 1.01. The average molecular weight is 232 g/mol. The minimum Gasteiger partial charge on any atom is -0.493 e. The maximum atomic E-state index is 5.80. The fourth-order valence-electron chi connectivity index (χ4n) is 1.59. The topological polar surface area (TPSA) is 9.23 Å². The molecular formula is C14H16OS. The van der Waals surface area contributed by atoms with Gasteiger partial charge < -0.3 is 4.74 Å². The molecule has 1 nitrogen and oxygen atoms in total. The Balaban J connectivity index is 1.92. The zero-order chi connectivity index (χ0) is 11.4. The molecular weight excluding hydrogens is 216 g/mol. The summed E-state index contributed by atoms with van der Waals surface area (Å²) in [6.07, 6.45) is 0.983. The van der Waals surface area contributed by atoms with Gasteiger partial charge in [-0.15, -0.1) is 0 Å². The van der Waals surface area contributed by atoms with E-state index in [1.165, 1.54) is 16.7 Å². The van der Waals surface area contributed by atoms with Crippen LogP contribution in [0.15, 0.2) is 35.0 Å². The molecule has 0 aliphatic heterocycles. The highest BCUT2D eigenvalue weighted by atomic mass is 32.1. The molecule has 0 fully saturated rings. The second-order valence-corrected chi connectivity index (χ2v) is 4.71. The summed E-state index contributed by atoms with van der Waals surface area (Å²) >= 11 is 1.74. The Morgan fingerprint density at radius 2 is 2.06 bits per heavy atom. The third kappa shape index (κ3) is 2.64. The first-order valence-electron chi connectivity index (χ1n) is 5.47.